The Morgan fingerprint density at radius 2 is 2.16 bits per heavy atom. The molecule has 1 aromatic rings. The summed E-state index contributed by atoms with van der Waals surface area (Å²) in [6, 6.07) is 6.25. The monoisotopic (exact) mass is 258 g/mol. The lowest BCUT2D eigenvalue weighted by atomic mass is 9.79. The molecule has 0 N–H and O–H groups in total. The van der Waals surface area contributed by atoms with Gasteiger partial charge in [0.05, 0.1) is 12.7 Å². The predicted molar refractivity (Wildman–Crippen MR) is 77.8 cm³/mol. The molecule has 19 heavy (non-hydrogen) atoms. The van der Waals surface area contributed by atoms with Gasteiger partial charge in [0, 0.05) is 23.8 Å². The molecule has 1 aliphatic heterocycles. The molecule has 2 rings (SSSR count). The Balaban J connectivity index is 2.64. The van der Waals surface area contributed by atoms with Crippen molar-refractivity contribution in [1.82, 2.24) is 0 Å². The fourth-order valence-electron chi connectivity index (χ4n) is 3.36. The fourth-order valence-corrected chi connectivity index (χ4v) is 3.36. The van der Waals surface area contributed by atoms with E-state index in [-0.39, 0.29) is 5.54 Å². The van der Waals surface area contributed by atoms with Crippen LogP contribution < -0.4 is 9.64 Å². The van der Waals surface area contributed by atoms with Crippen molar-refractivity contribution in [3.8, 4) is 11.8 Å². The molecule has 0 fully saturated rings. The van der Waals surface area contributed by atoms with E-state index in [0.29, 0.717) is 17.2 Å². The summed E-state index contributed by atoms with van der Waals surface area (Å²) in [4.78, 5) is 2.41. The van der Waals surface area contributed by atoms with Crippen molar-refractivity contribution in [2.75, 3.05) is 18.6 Å². The van der Waals surface area contributed by atoms with E-state index in [1.807, 2.05) is 12.1 Å². The largest absolute Gasteiger partial charge is 0.495 e. The molecule has 1 heterocycles. The molecule has 1 aliphatic rings. The predicted octanol–water partition coefficient (Wildman–Crippen LogP) is 3.68. The Labute approximate surface area is 115 Å². The normalized spacial score (nSPS) is 20.6. The van der Waals surface area contributed by atoms with Gasteiger partial charge in [0.25, 0.3) is 0 Å². The lowest BCUT2D eigenvalue weighted by Gasteiger charge is -2.47. The van der Waals surface area contributed by atoms with Gasteiger partial charge in [0.2, 0.25) is 0 Å². The third kappa shape index (κ3) is 2.16. The van der Waals surface area contributed by atoms with Crippen LogP contribution in [0.15, 0.2) is 12.1 Å². The molecule has 1 unspecified atom stereocenters. The van der Waals surface area contributed by atoms with E-state index in [9.17, 15) is 5.26 Å². The van der Waals surface area contributed by atoms with Crippen molar-refractivity contribution in [1.29, 1.82) is 5.26 Å². The molecule has 0 saturated carbocycles. The number of hydrogen-bond acceptors (Lipinski definition) is 3. The molecule has 3 heteroatoms. The number of ether oxygens (including phenoxy) is 1. The number of hydrogen-bond donors (Lipinski definition) is 0. The van der Waals surface area contributed by atoms with Gasteiger partial charge < -0.3 is 9.64 Å². The molecular weight excluding hydrogens is 236 g/mol. The summed E-state index contributed by atoms with van der Waals surface area (Å²) >= 11 is 0. The summed E-state index contributed by atoms with van der Waals surface area (Å²) in [5, 5.41) is 9.22. The Morgan fingerprint density at radius 1 is 1.47 bits per heavy atom. The minimum absolute atomic E-state index is 0.139. The molecule has 0 saturated heterocycles. The van der Waals surface area contributed by atoms with Crippen LogP contribution in [0.5, 0.6) is 5.75 Å². The summed E-state index contributed by atoms with van der Waals surface area (Å²) in [6.45, 7) is 9.93. The zero-order chi connectivity index (χ0) is 14.2. The van der Waals surface area contributed by atoms with Gasteiger partial charge in [-0.05, 0) is 44.7 Å². The van der Waals surface area contributed by atoms with Gasteiger partial charge in [-0.3, -0.25) is 0 Å². The SMILES string of the molecule is CCN1c2cc(OC)c(C#N)cc2C(C)CC1(C)C. The van der Waals surface area contributed by atoms with Crippen LogP contribution in [0.2, 0.25) is 0 Å². The third-order valence-electron chi connectivity index (χ3n) is 4.14. The first kappa shape index (κ1) is 13.7. The summed E-state index contributed by atoms with van der Waals surface area (Å²) in [5.41, 5.74) is 3.24. The minimum Gasteiger partial charge on any atom is -0.495 e. The number of nitriles is 1. The van der Waals surface area contributed by atoms with E-state index in [1.54, 1.807) is 7.11 Å². The highest BCUT2D eigenvalue weighted by molar-refractivity contribution is 5.66. The average Bonchev–Trinajstić information content (AvgIpc) is 2.36. The fraction of sp³-hybridized carbons (Fsp3) is 0.562. The van der Waals surface area contributed by atoms with Crippen molar-refractivity contribution in [3.05, 3.63) is 23.3 Å². The van der Waals surface area contributed by atoms with Gasteiger partial charge in [0.15, 0.2) is 0 Å². The van der Waals surface area contributed by atoms with E-state index in [0.717, 1.165) is 13.0 Å². The maximum atomic E-state index is 9.22. The maximum absolute atomic E-state index is 9.22. The zero-order valence-electron chi connectivity index (χ0n) is 12.4. The standard InChI is InChI=1S/C16H22N2O/c1-6-18-14-8-15(19-5)12(10-17)7-13(14)11(2)9-16(18,3)4/h7-8,11H,6,9H2,1-5H3. The summed E-state index contributed by atoms with van der Waals surface area (Å²) in [5.74, 6) is 1.13. The Morgan fingerprint density at radius 3 is 2.68 bits per heavy atom. The molecule has 0 radical (unpaired) electrons. The lowest BCUT2D eigenvalue weighted by molar-refractivity contribution is 0.377. The molecule has 1 atom stereocenters. The molecule has 0 amide bonds. The van der Waals surface area contributed by atoms with E-state index in [2.05, 4.69) is 38.7 Å². The first-order chi connectivity index (χ1) is 8.94. The first-order valence-electron chi connectivity index (χ1n) is 6.84. The molecule has 102 valence electrons. The van der Waals surface area contributed by atoms with E-state index < -0.39 is 0 Å². The number of benzene rings is 1. The quantitative estimate of drug-likeness (QED) is 0.812. The van der Waals surface area contributed by atoms with Crippen LogP contribution in [0, 0.1) is 11.3 Å². The second-order valence-electron chi connectivity index (χ2n) is 5.88. The molecule has 0 aromatic heterocycles. The molecule has 3 nitrogen and oxygen atoms in total. The van der Waals surface area contributed by atoms with Gasteiger partial charge >= 0.3 is 0 Å². The lowest BCUT2D eigenvalue weighted by Crippen LogP contribution is -2.48. The Hall–Kier alpha value is -1.69. The molecule has 0 spiro atoms. The Bertz CT molecular complexity index is 528. The van der Waals surface area contributed by atoms with Crippen molar-refractivity contribution in [2.45, 2.75) is 45.6 Å². The summed E-state index contributed by atoms with van der Waals surface area (Å²) in [7, 11) is 1.62. The smallest absolute Gasteiger partial charge is 0.138 e. The second-order valence-corrected chi connectivity index (χ2v) is 5.88. The van der Waals surface area contributed by atoms with Crippen molar-refractivity contribution >= 4 is 5.69 Å². The third-order valence-corrected chi connectivity index (χ3v) is 4.14. The number of rotatable bonds is 2. The zero-order valence-corrected chi connectivity index (χ0v) is 12.4. The van der Waals surface area contributed by atoms with E-state index in [1.165, 1.54) is 11.3 Å². The van der Waals surface area contributed by atoms with Gasteiger partial charge in [-0.15, -0.1) is 0 Å². The van der Waals surface area contributed by atoms with Crippen molar-refractivity contribution in [2.24, 2.45) is 0 Å². The van der Waals surface area contributed by atoms with Gasteiger partial charge in [-0.1, -0.05) is 6.92 Å². The van der Waals surface area contributed by atoms with Crippen LogP contribution in [-0.4, -0.2) is 19.2 Å². The van der Waals surface area contributed by atoms with Crippen molar-refractivity contribution < 1.29 is 4.74 Å². The van der Waals surface area contributed by atoms with Crippen LogP contribution >= 0.6 is 0 Å². The second kappa shape index (κ2) is 4.77. The number of anilines is 1. The van der Waals surface area contributed by atoms with E-state index >= 15 is 0 Å². The number of nitrogens with zero attached hydrogens (tertiary/aromatic N) is 2. The van der Waals surface area contributed by atoms with Crippen LogP contribution in [0.3, 0.4) is 0 Å². The Kier molecular flexibility index (Phi) is 3.45. The summed E-state index contributed by atoms with van der Waals surface area (Å²) in [6.07, 6.45) is 1.10. The van der Waals surface area contributed by atoms with Crippen LogP contribution in [-0.2, 0) is 0 Å². The molecule has 1 aromatic carbocycles. The highest BCUT2D eigenvalue weighted by Gasteiger charge is 2.36. The van der Waals surface area contributed by atoms with Gasteiger partial charge in [-0.25, -0.2) is 0 Å². The average molecular weight is 258 g/mol. The molecular formula is C16H22N2O. The van der Waals surface area contributed by atoms with Gasteiger partial charge in [0.1, 0.15) is 11.8 Å². The van der Waals surface area contributed by atoms with E-state index in [4.69, 9.17) is 4.74 Å². The van der Waals surface area contributed by atoms with Crippen molar-refractivity contribution in [3.63, 3.8) is 0 Å². The highest BCUT2D eigenvalue weighted by Crippen LogP contribution is 2.45. The first-order valence-corrected chi connectivity index (χ1v) is 6.84. The maximum Gasteiger partial charge on any atom is 0.138 e. The minimum atomic E-state index is 0.139. The van der Waals surface area contributed by atoms with Crippen LogP contribution in [0.1, 0.15) is 51.2 Å². The van der Waals surface area contributed by atoms with Gasteiger partial charge in [-0.2, -0.15) is 5.26 Å². The molecule has 0 aliphatic carbocycles. The number of methoxy groups -OCH3 is 1. The van der Waals surface area contributed by atoms with Crippen LogP contribution in [0.4, 0.5) is 5.69 Å². The summed E-state index contributed by atoms with van der Waals surface area (Å²) < 4.78 is 5.35. The number of fused-ring (bicyclic) bond motifs is 1. The van der Waals surface area contributed by atoms with Crippen LogP contribution in [0.25, 0.3) is 0 Å². The topological polar surface area (TPSA) is 36.3 Å². The highest BCUT2D eigenvalue weighted by atomic mass is 16.5. The molecule has 0 bridgehead atoms.